The summed E-state index contributed by atoms with van der Waals surface area (Å²) in [6, 6.07) is 6.31. The van der Waals surface area contributed by atoms with E-state index in [1.807, 2.05) is 0 Å². The van der Waals surface area contributed by atoms with Gasteiger partial charge in [0.1, 0.15) is 5.75 Å². The molecule has 1 saturated carbocycles. The van der Waals surface area contributed by atoms with Gasteiger partial charge < -0.3 is 10.5 Å². The Morgan fingerprint density at radius 2 is 2.20 bits per heavy atom. The monoisotopic (exact) mass is 205 g/mol. The highest BCUT2D eigenvalue weighted by molar-refractivity contribution is 5.40. The molecule has 0 heterocycles. The van der Waals surface area contributed by atoms with Gasteiger partial charge in [0, 0.05) is 5.54 Å². The quantitative estimate of drug-likeness (QED) is 0.805. The SMILES string of the molecule is COc1cc(C2(N)CCC2C)ccc1C. The van der Waals surface area contributed by atoms with Crippen LogP contribution in [-0.4, -0.2) is 7.11 Å². The van der Waals surface area contributed by atoms with E-state index in [2.05, 4.69) is 32.0 Å². The molecule has 1 aromatic rings. The summed E-state index contributed by atoms with van der Waals surface area (Å²) < 4.78 is 5.33. The fraction of sp³-hybridized carbons (Fsp3) is 0.538. The summed E-state index contributed by atoms with van der Waals surface area (Å²) in [5.74, 6) is 1.52. The Balaban J connectivity index is 2.37. The Morgan fingerprint density at radius 3 is 2.67 bits per heavy atom. The van der Waals surface area contributed by atoms with Crippen LogP contribution in [0.15, 0.2) is 18.2 Å². The highest BCUT2D eigenvalue weighted by Gasteiger charge is 2.41. The lowest BCUT2D eigenvalue weighted by Crippen LogP contribution is -2.50. The predicted molar refractivity (Wildman–Crippen MR) is 62.0 cm³/mol. The van der Waals surface area contributed by atoms with Crippen molar-refractivity contribution in [2.24, 2.45) is 11.7 Å². The average Bonchev–Trinajstić information content (AvgIpc) is 2.26. The molecule has 2 heteroatoms. The fourth-order valence-corrected chi connectivity index (χ4v) is 2.28. The first-order valence-corrected chi connectivity index (χ1v) is 5.52. The van der Waals surface area contributed by atoms with Crippen molar-refractivity contribution in [2.45, 2.75) is 32.2 Å². The van der Waals surface area contributed by atoms with Crippen molar-refractivity contribution < 1.29 is 4.74 Å². The van der Waals surface area contributed by atoms with Crippen LogP contribution in [0, 0.1) is 12.8 Å². The van der Waals surface area contributed by atoms with E-state index >= 15 is 0 Å². The van der Waals surface area contributed by atoms with Gasteiger partial charge in [-0.2, -0.15) is 0 Å². The van der Waals surface area contributed by atoms with E-state index in [1.54, 1.807) is 7.11 Å². The molecule has 0 spiro atoms. The maximum atomic E-state index is 6.39. The molecule has 2 atom stereocenters. The lowest BCUT2D eigenvalue weighted by atomic mass is 9.64. The van der Waals surface area contributed by atoms with E-state index in [0.717, 1.165) is 17.7 Å². The molecule has 0 aromatic heterocycles. The van der Waals surface area contributed by atoms with Gasteiger partial charge in [-0.1, -0.05) is 19.1 Å². The molecule has 0 radical (unpaired) electrons. The molecule has 0 bridgehead atoms. The van der Waals surface area contributed by atoms with Crippen LogP contribution in [0.2, 0.25) is 0 Å². The second-order valence-corrected chi connectivity index (χ2v) is 4.66. The third-order valence-electron chi connectivity index (χ3n) is 3.82. The normalized spacial score (nSPS) is 29.7. The Bertz CT molecular complexity index is 375. The second-order valence-electron chi connectivity index (χ2n) is 4.66. The minimum Gasteiger partial charge on any atom is -0.496 e. The number of hydrogen-bond donors (Lipinski definition) is 1. The summed E-state index contributed by atoms with van der Waals surface area (Å²) in [6.45, 7) is 4.27. The van der Waals surface area contributed by atoms with E-state index in [4.69, 9.17) is 10.5 Å². The van der Waals surface area contributed by atoms with E-state index in [1.165, 1.54) is 12.0 Å². The molecule has 0 saturated heterocycles. The Hall–Kier alpha value is -1.02. The molecule has 0 aliphatic heterocycles. The van der Waals surface area contributed by atoms with Gasteiger partial charge >= 0.3 is 0 Å². The summed E-state index contributed by atoms with van der Waals surface area (Å²) in [4.78, 5) is 0. The van der Waals surface area contributed by atoms with Gasteiger partial charge in [-0.25, -0.2) is 0 Å². The highest BCUT2D eigenvalue weighted by atomic mass is 16.5. The van der Waals surface area contributed by atoms with Gasteiger partial charge in [-0.15, -0.1) is 0 Å². The van der Waals surface area contributed by atoms with Gasteiger partial charge in [-0.3, -0.25) is 0 Å². The standard InChI is InChI=1S/C13H19NO/c1-9-4-5-11(8-12(9)15-3)13(14)7-6-10(13)2/h4-5,8,10H,6-7,14H2,1-3H3. The maximum absolute atomic E-state index is 6.39. The van der Waals surface area contributed by atoms with Crippen molar-refractivity contribution in [3.63, 3.8) is 0 Å². The zero-order chi connectivity index (χ0) is 11.1. The van der Waals surface area contributed by atoms with Crippen molar-refractivity contribution in [3.8, 4) is 5.75 Å². The molecule has 2 rings (SSSR count). The number of aryl methyl sites for hydroxylation is 1. The van der Waals surface area contributed by atoms with Crippen molar-refractivity contribution in [1.82, 2.24) is 0 Å². The Labute approximate surface area is 91.4 Å². The van der Waals surface area contributed by atoms with Crippen LogP contribution >= 0.6 is 0 Å². The third-order valence-corrected chi connectivity index (χ3v) is 3.82. The van der Waals surface area contributed by atoms with Crippen LogP contribution in [0.25, 0.3) is 0 Å². The summed E-state index contributed by atoms with van der Waals surface area (Å²) >= 11 is 0. The molecule has 2 nitrogen and oxygen atoms in total. The van der Waals surface area contributed by atoms with Crippen molar-refractivity contribution >= 4 is 0 Å². The van der Waals surface area contributed by atoms with Crippen molar-refractivity contribution in [1.29, 1.82) is 0 Å². The third kappa shape index (κ3) is 1.53. The smallest absolute Gasteiger partial charge is 0.122 e. The fourth-order valence-electron chi connectivity index (χ4n) is 2.28. The predicted octanol–water partition coefficient (Wildman–Crippen LogP) is 2.59. The molecule has 1 fully saturated rings. The first kappa shape index (κ1) is 10.5. The largest absolute Gasteiger partial charge is 0.496 e. The first-order chi connectivity index (χ1) is 7.08. The second kappa shape index (κ2) is 3.53. The van der Waals surface area contributed by atoms with E-state index < -0.39 is 0 Å². The van der Waals surface area contributed by atoms with Gasteiger partial charge in [0.25, 0.3) is 0 Å². The van der Waals surface area contributed by atoms with Gasteiger partial charge in [0.2, 0.25) is 0 Å². The lowest BCUT2D eigenvalue weighted by molar-refractivity contribution is 0.144. The zero-order valence-corrected chi connectivity index (χ0v) is 9.71. The minimum atomic E-state index is -0.124. The van der Waals surface area contributed by atoms with E-state index in [9.17, 15) is 0 Å². The van der Waals surface area contributed by atoms with E-state index in [0.29, 0.717) is 5.92 Å². The molecule has 15 heavy (non-hydrogen) atoms. The van der Waals surface area contributed by atoms with Crippen LogP contribution in [0.3, 0.4) is 0 Å². The minimum absolute atomic E-state index is 0.124. The molecular weight excluding hydrogens is 186 g/mol. The Morgan fingerprint density at radius 1 is 1.47 bits per heavy atom. The summed E-state index contributed by atoms with van der Waals surface area (Å²) in [7, 11) is 1.71. The van der Waals surface area contributed by atoms with Crippen LogP contribution in [0.5, 0.6) is 5.75 Å². The number of benzene rings is 1. The van der Waals surface area contributed by atoms with Gasteiger partial charge in [0.15, 0.2) is 0 Å². The molecule has 2 N–H and O–H groups in total. The highest BCUT2D eigenvalue weighted by Crippen LogP contribution is 2.45. The number of nitrogens with two attached hydrogens (primary N) is 1. The molecule has 2 unspecified atom stereocenters. The van der Waals surface area contributed by atoms with Crippen molar-refractivity contribution in [2.75, 3.05) is 7.11 Å². The molecule has 1 aromatic carbocycles. The van der Waals surface area contributed by atoms with Crippen LogP contribution in [0.4, 0.5) is 0 Å². The number of ether oxygens (including phenoxy) is 1. The molecule has 1 aliphatic rings. The summed E-state index contributed by atoms with van der Waals surface area (Å²) in [5, 5.41) is 0. The lowest BCUT2D eigenvalue weighted by Gasteiger charge is -2.45. The summed E-state index contributed by atoms with van der Waals surface area (Å²) in [5.41, 5.74) is 8.64. The zero-order valence-electron chi connectivity index (χ0n) is 9.71. The van der Waals surface area contributed by atoms with Crippen LogP contribution < -0.4 is 10.5 Å². The molecule has 1 aliphatic carbocycles. The first-order valence-electron chi connectivity index (χ1n) is 5.52. The Kier molecular flexibility index (Phi) is 2.47. The molecule has 0 amide bonds. The molecule has 82 valence electrons. The van der Waals surface area contributed by atoms with Crippen LogP contribution in [-0.2, 0) is 5.54 Å². The van der Waals surface area contributed by atoms with Gasteiger partial charge in [0.05, 0.1) is 7.11 Å². The summed E-state index contributed by atoms with van der Waals surface area (Å²) in [6.07, 6.45) is 2.31. The number of rotatable bonds is 2. The number of hydrogen-bond acceptors (Lipinski definition) is 2. The van der Waals surface area contributed by atoms with Gasteiger partial charge in [-0.05, 0) is 42.9 Å². The van der Waals surface area contributed by atoms with Crippen LogP contribution in [0.1, 0.15) is 30.9 Å². The molecular formula is C13H19NO. The topological polar surface area (TPSA) is 35.2 Å². The maximum Gasteiger partial charge on any atom is 0.122 e. The average molecular weight is 205 g/mol. The van der Waals surface area contributed by atoms with E-state index in [-0.39, 0.29) is 5.54 Å². The number of methoxy groups -OCH3 is 1. The van der Waals surface area contributed by atoms with Crippen molar-refractivity contribution in [3.05, 3.63) is 29.3 Å².